The molecule has 2 heterocycles. The van der Waals surface area contributed by atoms with E-state index in [-0.39, 0.29) is 31.1 Å². The van der Waals surface area contributed by atoms with Gasteiger partial charge in [0.05, 0.1) is 6.04 Å². The van der Waals surface area contributed by atoms with Crippen molar-refractivity contribution in [2.24, 2.45) is 11.8 Å². The topological polar surface area (TPSA) is 114 Å². The Morgan fingerprint density at radius 3 is 2.60 bits per heavy atom. The Morgan fingerprint density at radius 1 is 1.11 bits per heavy atom. The molecule has 3 rings (SSSR count). The summed E-state index contributed by atoms with van der Waals surface area (Å²) in [6, 6.07) is 10.4. The molecule has 0 fully saturated rings. The van der Waals surface area contributed by atoms with Gasteiger partial charge in [-0.3, -0.25) is 19.4 Å². The van der Waals surface area contributed by atoms with Crippen molar-refractivity contribution in [3.05, 3.63) is 65.5 Å². The summed E-state index contributed by atoms with van der Waals surface area (Å²) < 4.78 is 5.27. The molecule has 0 aliphatic carbocycles. The van der Waals surface area contributed by atoms with Crippen molar-refractivity contribution >= 4 is 23.6 Å². The Hall–Kier alpha value is -3.55. The molecule has 1 aromatic carbocycles. The third-order valence-corrected chi connectivity index (χ3v) is 6.05. The van der Waals surface area contributed by atoms with Crippen molar-refractivity contribution in [1.82, 2.24) is 15.6 Å². The summed E-state index contributed by atoms with van der Waals surface area (Å²) >= 11 is 0. The molecule has 1 aliphatic heterocycles. The van der Waals surface area contributed by atoms with Gasteiger partial charge in [-0.25, -0.2) is 4.79 Å². The van der Waals surface area contributed by atoms with Gasteiger partial charge in [-0.05, 0) is 48.3 Å². The molecule has 1 aromatic heterocycles. The number of nitrogens with zero attached hydrogens (tertiary/aromatic N) is 1. The van der Waals surface area contributed by atoms with E-state index in [2.05, 4.69) is 15.6 Å². The van der Waals surface area contributed by atoms with Crippen LogP contribution in [0.2, 0.25) is 0 Å². The van der Waals surface area contributed by atoms with Gasteiger partial charge >= 0.3 is 6.09 Å². The Bertz CT molecular complexity index is 1040. The number of rotatable bonds is 7. The number of aromatic nitrogens is 1. The lowest BCUT2D eigenvalue weighted by atomic mass is 9.86. The summed E-state index contributed by atoms with van der Waals surface area (Å²) in [5, 5.41) is 5.32. The van der Waals surface area contributed by atoms with E-state index >= 15 is 0 Å². The molecule has 2 amide bonds. The van der Waals surface area contributed by atoms with E-state index in [0.717, 1.165) is 36.0 Å². The molecule has 8 heteroatoms. The van der Waals surface area contributed by atoms with Crippen molar-refractivity contribution in [2.45, 2.75) is 58.6 Å². The van der Waals surface area contributed by atoms with Crippen LogP contribution in [0.3, 0.4) is 0 Å². The molecule has 0 saturated carbocycles. The van der Waals surface area contributed by atoms with Crippen LogP contribution in [-0.2, 0) is 38.6 Å². The number of hydrogen-bond acceptors (Lipinski definition) is 6. The van der Waals surface area contributed by atoms with E-state index < -0.39 is 29.7 Å². The van der Waals surface area contributed by atoms with Crippen LogP contribution in [0.5, 0.6) is 0 Å². The number of nitrogens with one attached hydrogen (secondary N) is 2. The zero-order valence-corrected chi connectivity index (χ0v) is 20.3. The highest BCUT2D eigenvalue weighted by atomic mass is 16.5. The minimum absolute atomic E-state index is 0.0797. The molecule has 2 atom stereocenters. The number of carbonyl (C=O) groups is 4. The van der Waals surface area contributed by atoms with Crippen molar-refractivity contribution in [1.29, 1.82) is 0 Å². The molecule has 8 nitrogen and oxygen atoms in total. The second-order valence-electron chi connectivity index (χ2n) is 9.28. The average molecular weight is 480 g/mol. The number of amides is 2. The number of alkyl carbamates (subject to hydrolysis) is 1. The molecule has 186 valence electrons. The Balaban J connectivity index is 1.70. The molecule has 0 saturated heterocycles. The zero-order valence-electron chi connectivity index (χ0n) is 20.3. The van der Waals surface area contributed by atoms with Crippen LogP contribution in [0.1, 0.15) is 49.8 Å². The lowest BCUT2D eigenvalue weighted by Gasteiger charge is -2.23. The van der Waals surface area contributed by atoms with Crippen molar-refractivity contribution < 1.29 is 23.9 Å². The second kappa shape index (κ2) is 12.8. The average Bonchev–Trinajstić information content (AvgIpc) is 2.85. The molecule has 0 radical (unpaired) electrons. The summed E-state index contributed by atoms with van der Waals surface area (Å²) in [7, 11) is 0. The Labute approximate surface area is 205 Å². The van der Waals surface area contributed by atoms with Crippen molar-refractivity contribution in [2.75, 3.05) is 6.54 Å². The first-order valence-electron chi connectivity index (χ1n) is 12.1. The fourth-order valence-electron chi connectivity index (χ4n) is 4.14. The molecule has 0 spiro atoms. The summed E-state index contributed by atoms with van der Waals surface area (Å²) in [5.74, 6) is -2.70. The normalized spacial score (nSPS) is 17.5. The predicted molar refractivity (Wildman–Crippen MR) is 130 cm³/mol. The summed E-state index contributed by atoms with van der Waals surface area (Å²) in [6.45, 7) is 4.10. The maximum atomic E-state index is 13.2. The van der Waals surface area contributed by atoms with Gasteiger partial charge in [0.1, 0.15) is 6.61 Å². The maximum absolute atomic E-state index is 13.2. The third-order valence-electron chi connectivity index (χ3n) is 6.05. The zero-order chi connectivity index (χ0) is 25.2. The number of fused-ring (bicyclic) bond motifs is 2. The standard InChI is InChI=1S/C27H33N3O5/c1-18(2)24(30-27(34)35-17-19-8-4-3-5-9-19)23(31)14-22-13-21-12-20(15-28-16-21)10-6-7-11-29-26(33)25(22)32/h3-5,8-9,12,15-16,18,22,24H,6-7,10-11,13-14,17H2,1-2H3,(H,29,33)(H,30,34). The third kappa shape index (κ3) is 8.02. The van der Waals surface area contributed by atoms with Gasteiger partial charge in [-0.2, -0.15) is 0 Å². The summed E-state index contributed by atoms with van der Waals surface area (Å²) in [5.41, 5.74) is 2.70. The molecule has 2 N–H and O–H groups in total. The molecular weight excluding hydrogens is 446 g/mol. The lowest BCUT2D eigenvalue weighted by Crippen LogP contribution is -2.46. The number of hydrogen-bond donors (Lipinski definition) is 2. The molecule has 2 bridgehead atoms. The minimum Gasteiger partial charge on any atom is -0.445 e. The van der Waals surface area contributed by atoms with Crippen LogP contribution in [-0.4, -0.2) is 41.1 Å². The molecule has 2 unspecified atom stereocenters. The SMILES string of the molecule is CC(C)C(NC(=O)OCc1ccccc1)C(=O)CC1Cc2cncc(c2)CCCCNC(=O)C1=O. The van der Waals surface area contributed by atoms with Crippen molar-refractivity contribution in [3.63, 3.8) is 0 Å². The van der Waals surface area contributed by atoms with Crippen LogP contribution < -0.4 is 10.6 Å². The van der Waals surface area contributed by atoms with E-state index in [4.69, 9.17) is 4.74 Å². The number of ether oxygens (including phenoxy) is 1. The molecule has 35 heavy (non-hydrogen) atoms. The highest BCUT2D eigenvalue weighted by Crippen LogP contribution is 2.19. The summed E-state index contributed by atoms with van der Waals surface area (Å²) in [4.78, 5) is 55.3. The number of pyridine rings is 1. The number of carbonyl (C=O) groups excluding carboxylic acids is 4. The van der Waals surface area contributed by atoms with Crippen molar-refractivity contribution in [3.8, 4) is 0 Å². The van der Waals surface area contributed by atoms with Gasteiger partial charge in [-0.15, -0.1) is 0 Å². The van der Waals surface area contributed by atoms with Crippen LogP contribution in [0.15, 0.2) is 48.8 Å². The lowest BCUT2D eigenvalue weighted by molar-refractivity contribution is -0.141. The molecule has 1 aliphatic rings. The van der Waals surface area contributed by atoms with Crippen LogP contribution in [0.4, 0.5) is 4.79 Å². The van der Waals surface area contributed by atoms with Gasteiger partial charge in [0.25, 0.3) is 5.91 Å². The Morgan fingerprint density at radius 2 is 1.86 bits per heavy atom. The highest BCUT2D eigenvalue weighted by Gasteiger charge is 2.32. The molecule has 2 aromatic rings. The summed E-state index contributed by atoms with van der Waals surface area (Å²) in [6.07, 6.45) is 5.27. The number of aryl methyl sites for hydroxylation is 1. The Kier molecular flexibility index (Phi) is 9.52. The van der Waals surface area contributed by atoms with Gasteiger partial charge < -0.3 is 15.4 Å². The highest BCUT2D eigenvalue weighted by molar-refractivity contribution is 6.37. The van der Waals surface area contributed by atoms with E-state index in [0.29, 0.717) is 6.54 Å². The fourth-order valence-corrected chi connectivity index (χ4v) is 4.14. The maximum Gasteiger partial charge on any atom is 0.408 e. The number of ketones is 2. The minimum atomic E-state index is -0.847. The first-order valence-corrected chi connectivity index (χ1v) is 12.1. The van der Waals surface area contributed by atoms with Gasteiger partial charge in [0.15, 0.2) is 5.78 Å². The van der Waals surface area contributed by atoms with E-state index in [1.807, 2.05) is 50.2 Å². The van der Waals surface area contributed by atoms with Gasteiger partial charge in [0, 0.05) is 31.3 Å². The van der Waals surface area contributed by atoms with Crippen LogP contribution >= 0.6 is 0 Å². The molecular formula is C27H33N3O5. The van der Waals surface area contributed by atoms with E-state index in [1.165, 1.54) is 0 Å². The first kappa shape index (κ1) is 26.1. The number of benzene rings is 1. The monoisotopic (exact) mass is 479 g/mol. The first-order chi connectivity index (χ1) is 16.8. The fraction of sp³-hybridized carbons (Fsp3) is 0.444. The largest absolute Gasteiger partial charge is 0.445 e. The van der Waals surface area contributed by atoms with E-state index in [9.17, 15) is 19.2 Å². The predicted octanol–water partition coefficient (Wildman–Crippen LogP) is 3.17. The van der Waals surface area contributed by atoms with Crippen LogP contribution in [0, 0.1) is 11.8 Å². The smallest absolute Gasteiger partial charge is 0.408 e. The number of Topliss-reactive ketones (excluding diaryl/α,β-unsaturated/α-hetero) is 2. The quantitative estimate of drug-likeness (QED) is 0.590. The van der Waals surface area contributed by atoms with E-state index in [1.54, 1.807) is 12.4 Å². The van der Waals surface area contributed by atoms with Crippen LogP contribution in [0.25, 0.3) is 0 Å². The van der Waals surface area contributed by atoms with Gasteiger partial charge in [0.2, 0.25) is 5.78 Å². The second-order valence-corrected chi connectivity index (χ2v) is 9.28. The van der Waals surface area contributed by atoms with Gasteiger partial charge in [-0.1, -0.05) is 50.2 Å².